The summed E-state index contributed by atoms with van der Waals surface area (Å²) in [6, 6.07) is 3.43. The quantitative estimate of drug-likeness (QED) is 0.748. The molecule has 1 N–H and O–H groups in total. The van der Waals surface area contributed by atoms with Crippen molar-refractivity contribution in [1.29, 1.82) is 0 Å². The highest BCUT2D eigenvalue weighted by molar-refractivity contribution is 5.92. The van der Waals surface area contributed by atoms with E-state index in [1.807, 2.05) is 13.8 Å². The third-order valence-electron chi connectivity index (χ3n) is 2.09. The molecule has 0 radical (unpaired) electrons. The first-order chi connectivity index (χ1) is 7.10. The summed E-state index contributed by atoms with van der Waals surface area (Å²) in [4.78, 5) is 18.6. The lowest BCUT2D eigenvalue weighted by Gasteiger charge is -2.07. The summed E-state index contributed by atoms with van der Waals surface area (Å²) in [5, 5.41) is 2.48. The minimum Gasteiger partial charge on any atom is -0.360 e. The fourth-order valence-corrected chi connectivity index (χ4v) is 1.25. The minimum absolute atomic E-state index is 0.236. The van der Waals surface area contributed by atoms with Crippen LogP contribution in [0.25, 0.3) is 4.85 Å². The first-order valence-electron chi connectivity index (χ1n) is 4.70. The third-order valence-corrected chi connectivity index (χ3v) is 2.09. The van der Waals surface area contributed by atoms with Crippen molar-refractivity contribution >= 4 is 11.7 Å². The second-order valence-electron chi connectivity index (χ2n) is 3.45. The fourth-order valence-electron chi connectivity index (χ4n) is 1.25. The van der Waals surface area contributed by atoms with Crippen molar-refractivity contribution in [3.8, 4) is 0 Å². The molecule has 0 atom stereocenters. The molecule has 0 saturated carbocycles. The molecule has 0 saturated heterocycles. The summed E-state index contributed by atoms with van der Waals surface area (Å²) >= 11 is 0. The zero-order valence-electron chi connectivity index (χ0n) is 9.03. The van der Waals surface area contributed by atoms with E-state index < -0.39 is 0 Å². The Hall–Kier alpha value is -1.89. The third kappa shape index (κ3) is 2.32. The van der Waals surface area contributed by atoms with Gasteiger partial charge in [-0.05, 0) is 17.5 Å². The van der Waals surface area contributed by atoms with Gasteiger partial charge in [-0.1, -0.05) is 26.5 Å². The van der Waals surface area contributed by atoms with Crippen LogP contribution in [-0.4, -0.2) is 17.9 Å². The Balaban J connectivity index is 3.21. The van der Waals surface area contributed by atoms with Crippen LogP contribution >= 0.6 is 0 Å². The topological polar surface area (TPSA) is 46.4 Å². The largest absolute Gasteiger partial charge is 0.360 e. The van der Waals surface area contributed by atoms with E-state index in [4.69, 9.17) is 6.57 Å². The Labute approximate surface area is 89.2 Å². The van der Waals surface area contributed by atoms with Crippen LogP contribution in [0.2, 0.25) is 0 Å². The molecule has 1 heterocycles. The van der Waals surface area contributed by atoms with Gasteiger partial charge in [-0.25, -0.2) is 0 Å². The molecule has 0 aliphatic heterocycles. The van der Waals surface area contributed by atoms with Gasteiger partial charge >= 0.3 is 0 Å². The summed E-state index contributed by atoms with van der Waals surface area (Å²) in [6.07, 6.45) is 0. The molecule has 15 heavy (non-hydrogen) atoms. The van der Waals surface area contributed by atoms with Gasteiger partial charge in [-0.3, -0.25) is 4.79 Å². The van der Waals surface area contributed by atoms with Crippen LogP contribution in [0.15, 0.2) is 12.1 Å². The van der Waals surface area contributed by atoms with Crippen molar-refractivity contribution in [1.82, 2.24) is 10.3 Å². The van der Waals surface area contributed by atoms with E-state index >= 15 is 0 Å². The molecular formula is C11H13N3O. The summed E-state index contributed by atoms with van der Waals surface area (Å²) in [7, 11) is 1.54. The lowest BCUT2D eigenvalue weighted by Crippen LogP contribution is -2.19. The van der Waals surface area contributed by atoms with Crippen molar-refractivity contribution < 1.29 is 4.79 Å². The smallest absolute Gasteiger partial charge is 0.293 e. The molecule has 78 valence electrons. The molecule has 0 aliphatic carbocycles. The lowest BCUT2D eigenvalue weighted by molar-refractivity contribution is 0.0958. The van der Waals surface area contributed by atoms with E-state index in [0.717, 1.165) is 5.56 Å². The molecule has 4 heteroatoms. The molecule has 0 aliphatic rings. The number of hydrogen-bond acceptors (Lipinski definition) is 2. The Bertz CT molecular complexity index is 418. The first-order valence-corrected chi connectivity index (χ1v) is 4.70. The number of carbonyl (C=O) groups excluding carboxylic acids is 1. The van der Waals surface area contributed by atoms with E-state index in [1.54, 1.807) is 12.1 Å². The van der Waals surface area contributed by atoms with Crippen molar-refractivity contribution in [3.63, 3.8) is 0 Å². The Kier molecular flexibility index (Phi) is 3.40. The molecule has 1 aromatic rings. The van der Waals surface area contributed by atoms with E-state index in [2.05, 4.69) is 15.1 Å². The highest BCUT2D eigenvalue weighted by Crippen LogP contribution is 2.24. The fraction of sp³-hybridized carbons (Fsp3) is 0.364. The number of hydrogen-bond donors (Lipinski definition) is 1. The number of pyridine rings is 1. The zero-order valence-corrected chi connectivity index (χ0v) is 9.03. The van der Waals surface area contributed by atoms with Gasteiger partial charge in [0.05, 0.1) is 0 Å². The molecule has 0 spiro atoms. The van der Waals surface area contributed by atoms with Crippen molar-refractivity contribution in [2.24, 2.45) is 0 Å². The summed E-state index contributed by atoms with van der Waals surface area (Å²) < 4.78 is 0. The average Bonchev–Trinajstić information content (AvgIpc) is 2.26. The number of nitrogens with zero attached hydrogens (tertiary/aromatic N) is 2. The lowest BCUT2D eigenvalue weighted by atomic mass is 10.0. The van der Waals surface area contributed by atoms with Crippen LogP contribution in [-0.2, 0) is 0 Å². The van der Waals surface area contributed by atoms with Crippen LogP contribution in [0, 0.1) is 6.57 Å². The highest BCUT2D eigenvalue weighted by Gasteiger charge is 2.14. The number of carbonyl (C=O) groups is 1. The zero-order chi connectivity index (χ0) is 11.4. The molecule has 0 bridgehead atoms. The number of rotatable bonds is 2. The van der Waals surface area contributed by atoms with Gasteiger partial charge in [0.15, 0.2) is 0 Å². The maximum Gasteiger partial charge on any atom is 0.293 e. The minimum atomic E-state index is -0.268. The van der Waals surface area contributed by atoms with Crippen molar-refractivity contribution in [2.45, 2.75) is 19.8 Å². The van der Waals surface area contributed by atoms with E-state index in [1.165, 1.54) is 7.05 Å². The van der Waals surface area contributed by atoms with Crippen LogP contribution < -0.4 is 5.32 Å². The normalized spacial score (nSPS) is 9.80. The maximum atomic E-state index is 11.3. The molecule has 0 aromatic carbocycles. The maximum absolute atomic E-state index is 11.3. The number of nitrogens with one attached hydrogen (secondary N) is 1. The van der Waals surface area contributed by atoms with E-state index in [9.17, 15) is 4.79 Å². The molecule has 0 unspecified atom stereocenters. The van der Waals surface area contributed by atoms with Crippen molar-refractivity contribution in [3.05, 3.63) is 34.8 Å². The van der Waals surface area contributed by atoms with Gasteiger partial charge in [-0.15, -0.1) is 4.98 Å². The molecular weight excluding hydrogens is 190 g/mol. The van der Waals surface area contributed by atoms with Gasteiger partial charge in [0.25, 0.3) is 11.7 Å². The van der Waals surface area contributed by atoms with Gasteiger partial charge < -0.3 is 10.2 Å². The molecule has 1 rings (SSSR count). The number of aromatic nitrogens is 1. The highest BCUT2D eigenvalue weighted by atomic mass is 16.1. The molecule has 0 fully saturated rings. The Morgan fingerprint density at radius 2 is 2.20 bits per heavy atom. The summed E-state index contributed by atoms with van der Waals surface area (Å²) in [5.41, 5.74) is 1.16. The summed E-state index contributed by atoms with van der Waals surface area (Å²) in [6.45, 7) is 11.0. The molecule has 1 aromatic heterocycles. The average molecular weight is 203 g/mol. The van der Waals surface area contributed by atoms with Crippen LogP contribution in [0.5, 0.6) is 0 Å². The van der Waals surface area contributed by atoms with E-state index in [0.29, 0.717) is 5.82 Å². The van der Waals surface area contributed by atoms with Gasteiger partial charge in [0.1, 0.15) is 0 Å². The predicted molar refractivity (Wildman–Crippen MR) is 58.0 cm³/mol. The molecule has 4 nitrogen and oxygen atoms in total. The number of amides is 1. The summed E-state index contributed by atoms with van der Waals surface area (Å²) in [5.74, 6) is 0.279. The van der Waals surface area contributed by atoms with Crippen LogP contribution in [0.1, 0.15) is 35.8 Å². The van der Waals surface area contributed by atoms with Crippen LogP contribution in [0.3, 0.4) is 0 Å². The molecule has 1 amide bonds. The standard InChI is InChI=1S/C11H13N3O/c1-7(2)8-5-6-9(11(15)13-4)14-10(8)12-3/h5-7H,1-2,4H3,(H,13,15). The van der Waals surface area contributed by atoms with Gasteiger partial charge in [0.2, 0.25) is 5.69 Å². The van der Waals surface area contributed by atoms with Crippen molar-refractivity contribution in [2.75, 3.05) is 7.05 Å². The monoisotopic (exact) mass is 203 g/mol. The van der Waals surface area contributed by atoms with Gasteiger partial charge in [0, 0.05) is 7.05 Å². The van der Waals surface area contributed by atoms with E-state index in [-0.39, 0.29) is 17.5 Å². The van der Waals surface area contributed by atoms with Crippen LogP contribution in [0.4, 0.5) is 5.82 Å². The SMILES string of the molecule is [C-]#[N+]c1nc(C(=O)NC)ccc1C(C)C. The van der Waals surface area contributed by atoms with Gasteiger partial charge in [-0.2, -0.15) is 0 Å². The Morgan fingerprint density at radius 3 is 2.67 bits per heavy atom. The second-order valence-corrected chi connectivity index (χ2v) is 3.45. The first kappa shape index (κ1) is 11.2. The second kappa shape index (κ2) is 4.56. The Morgan fingerprint density at radius 1 is 1.53 bits per heavy atom. The predicted octanol–water partition coefficient (Wildman–Crippen LogP) is 2.12.